The monoisotopic (exact) mass is 274 g/mol. The topological polar surface area (TPSA) is 83.8 Å². The number of halogens is 1. The molecule has 104 valence electrons. The first-order valence-electron chi connectivity index (χ1n) is 5.90. The molecule has 18 heavy (non-hydrogen) atoms. The van der Waals surface area contributed by atoms with Crippen molar-refractivity contribution in [2.24, 2.45) is 11.7 Å². The van der Waals surface area contributed by atoms with Gasteiger partial charge in [-0.25, -0.2) is 0 Å². The number of hydrogen-bond acceptors (Lipinski definition) is 3. The van der Waals surface area contributed by atoms with Crippen LogP contribution in [0, 0.1) is 12.8 Å². The number of nitrogens with one attached hydrogen (secondary N) is 2. The lowest BCUT2D eigenvalue weighted by molar-refractivity contribution is 0.0897. The van der Waals surface area contributed by atoms with E-state index < -0.39 is 0 Å². The molecule has 4 N–H and O–H groups in total. The molecule has 1 heterocycles. The summed E-state index contributed by atoms with van der Waals surface area (Å²) in [6, 6.07) is 0. The van der Waals surface area contributed by atoms with Crippen LogP contribution in [0.1, 0.15) is 43.2 Å². The summed E-state index contributed by atoms with van der Waals surface area (Å²) in [5.41, 5.74) is 6.74. The molecule has 1 aromatic heterocycles. The summed E-state index contributed by atoms with van der Waals surface area (Å²) in [4.78, 5) is 12.1. The van der Waals surface area contributed by atoms with Gasteiger partial charge in [0.15, 0.2) is 0 Å². The Morgan fingerprint density at radius 2 is 2.22 bits per heavy atom. The fourth-order valence-corrected chi connectivity index (χ4v) is 2.01. The Morgan fingerprint density at radius 1 is 1.61 bits per heavy atom. The van der Waals surface area contributed by atoms with Crippen LogP contribution < -0.4 is 11.1 Å². The number of aromatic amines is 1. The van der Waals surface area contributed by atoms with E-state index >= 15 is 0 Å². The third-order valence-corrected chi connectivity index (χ3v) is 2.80. The number of aryl methyl sites for hydroxylation is 1. The normalized spacial score (nSPS) is 13.9. The molecule has 1 atom stereocenters. The summed E-state index contributed by atoms with van der Waals surface area (Å²) in [5.74, 6) is 0.360. The van der Waals surface area contributed by atoms with Crippen LogP contribution in [0.4, 0.5) is 0 Å². The van der Waals surface area contributed by atoms with Crippen LogP contribution in [-0.2, 0) is 0 Å². The second-order valence-electron chi connectivity index (χ2n) is 5.23. The van der Waals surface area contributed by atoms with Gasteiger partial charge in [-0.3, -0.25) is 9.89 Å². The molecule has 1 aromatic rings. The molecule has 5 nitrogen and oxygen atoms in total. The zero-order valence-corrected chi connectivity index (χ0v) is 12.2. The molecule has 0 aliphatic carbocycles. The molecule has 1 unspecified atom stereocenters. The van der Waals surface area contributed by atoms with Crippen LogP contribution in [0.25, 0.3) is 0 Å². The lowest BCUT2D eigenvalue weighted by Crippen LogP contribution is -2.52. The molecule has 0 aliphatic heterocycles. The van der Waals surface area contributed by atoms with E-state index in [1.54, 1.807) is 0 Å². The maximum atomic E-state index is 12.1. The first-order chi connectivity index (χ1) is 7.88. The number of nitrogens with zero attached hydrogens (tertiary/aromatic N) is 1. The third-order valence-electron chi connectivity index (χ3n) is 2.80. The first kappa shape index (κ1) is 16.9. The molecule has 0 aliphatic rings. The maximum absolute atomic E-state index is 12.1. The molecular formula is C12H23ClN4O. The van der Waals surface area contributed by atoms with Crippen molar-refractivity contribution in [1.29, 1.82) is 0 Å². The summed E-state index contributed by atoms with van der Waals surface area (Å²) in [7, 11) is 0. The average molecular weight is 275 g/mol. The minimum Gasteiger partial charge on any atom is -0.345 e. The van der Waals surface area contributed by atoms with Gasteiger partial charge in [0.05, 0.1) is 11.8 Å². The molecule has 0 spiro atoms. The Balaban J connectivity index is 0.00000289. The predicted molar refractivity (Wildman–Crippen MR) is 75.0 cm³/mol. The fourth-order valence-electron chi connectivity index (χ4n) is 2.01. The number of nitrogens with two attached hydrogens (primary N) is 1. The van der Waals surface area contributed by atoms with Crippen molar-refractivity contribution >= 4 is 18.3 Å². The number of rotatable bonds is 5. The van der Waals surface area contributed by atoms with E-state index in [-0.39, 0.29) is 23.9 Å². The summed E-state index contributed by atoms with van der Waals surface area (Å²) in [6.45, 7) is 8.45. The Kier molecular flexibility index (Phi) is 6.35. The lowest BCUT2D eigenvalue weighted by Gasteiger charge is -2.31. The van der Waals surface area contributed by atoms with Gasteiger partial charge in [-0.15, -0.1) is 12.4 Å². The quantitative estimate of drug-likeness (QED) is 0.763. The van der Waals surface area contributed by atoms with Gasteiger partial charge >= 0.3 is 0 Å². The Labute approximate surface area is 114 Å². The van der Waals surface area contributed by atoms with Crippen molar-refractivity contribution in [3.05, 3.63) is 17.5 Å². The minimum absolute atomic E-state index is 0. The molecule has 6 heteroatoms. The van der Waals surface area contributed by atoms with E-state index in [0.717, 1.165) is 12.1 Å². The molecule has 1 amide bonds. The van der Waals surface area contributed by atoms with E-state index in [2.05, 4.69) is 29.4 Å². The summed E-state index contributed by atoms with van der Waals surface area (Å²) < 4.78 is 0. The standard InChI is InChI=1S/C12H22N4O.ClH/c1-8(2)5-12(4,7-13)15-11(17)10-6-14-16-9(10)3;/h6,8H,5,7,13H2,1-4H3,(H,14,16)(H,15,17);1H. The van der Waals surface area contributed by atoms with Crippen LogP contribution in [0.5, 0.6) is 0 Å². The molecule has 0 bridgehead atoms. The number of aromatic nitrogens is 2. The van der Waals surface area contributed by atoms with Crippen LogP contribution in [0.2, 0.25) is 0 Å². The zero-order valence-electron chi connectivity index (χ0n) is 11.4. The fraction of sp³-hybridized carbons (Fsp3) is 0.667. The first-order valence-corrected chi connectivity index (χ1v) is 5.90. The highest BCUT2D eigenvalue weighted by molar-refractivity contribution is 5.95. The number of H-pyrrole nitrogens is 1. The van der Waals surface area contributed by atoms with Crippen molar-refractivity contribution in [1.82, 2.24) is 15.5 Å². The van der Waals surface area contributed by atoms with Crippen LogP contribution in [0.15, 0.2) is 6.20 Å². The molecule has 0 saturated carbocycles. The molecule has 0 saturated heterocycles. The SMILES string of the molecule is Cc1[nH]ncc1C(=O)NC(C)(CN)CC(C)C.Cl. The lowest BCUT2D eigenvalue weighted by atomic mass is 9.90. The molecule has 0 radical (unpaired) electrons. The van der Waals surface area contributed by atoms with Crippen molar-refractivity contribution in [3.8, 4) is 0 Å². The largest absolute Gasteiger partial charge is 0.345 e. The highest BCUT2D eigenvalue weighted by Crippen LogP contribution is 2.16. The highest BCUT2D eigenvalue weighted by atomic mass is 35.5. The molecular weight excluding hydrogens is 252 g/mol. The van der Waals surface area contributed by atoms with Crippen LogP contribution in [-0.4, -0.2) is 28.2 Å². The molecule has 1 rings (SSSR count). The number of hydrogen-bond donors (Lipinski definition) is 3. The Hall–Kier alpha value is -1.07. The summed E-state index contributed by atoms with van der Waals surface area (Å²) in [6.07, 6.45) is 2.39. The van der Waals surface area contributed by atoms with E-state index in [4.69, 9.17) is 5.73 Å². The van der Waals surface area contributed by atoms with Gasteiger partial charge < -0.3 is 11.1 Å². The third kappa shape index (κ3) is 4.31. The maximum Gasteiger partial charge on any atom is 0.255 e. The second-order valence-corrected chi connectivity index (χ2v) is 5.23. The van der Waals surface area contributed by atoms with Crippen molar-refractivity contribution in [2.75, 3.05) is 6.54 Å². The van der Waals surface area contributed by atoms with E-state index in [9.17, 15) is 4.79 Å². The smallest absolute Gasteiger partial charge is 0.255 e. The zero-order chi connectivity index (χ0) is 13.1. The summed E-state index contributed by atoms with van der Waals surface area (Å²) in [5, 5.41) is 9.59. The Morgan fingerprint density at radius 3 is 2.61 bits per heavy atom. The van der Waals surface area contributed by atoms with Gasteiger partial charge in [-0.05, 0) is 26.2 Å². The second kappa shape index (κ2) is 6.75. The van der Waals surface area contributed by atoms with Crippen molar-refractivity contribution in [3.63, 3.8) is 0 Å². The summed E-state index contributed by atoms with van der Waals surface area (Å²) >= 11 is 0. The van der Waals surface area contributed by atoms with Crippen LogP contribution >= 0.6 is 12.4 Å². The number of carbonyl (C=O) groups excluding carboxylic acids is 1. The van der Waals surface area contributed by atoms with Gasteiger partial charge in [0.1, 0.15) is 0 Å². The van der Waals surface area contributed by atoms with Gasteiger partial charge in [0.25, 0.3) is 5.91 Å². The van der Waals surface area contributed by atoms with Crippen molar-refractivity contribution in [2.45, 2.75) is 39.7 Å². The van der Waals surface area contributed by atoms with E-state index in [1.807, 2.05) is 13.8 Å². The minimum atomic E-state index is -0.366. The van der Waals surface area contributed by atoms with Gasteiger partial charge in [0.2, 0.25) is 0 Å². The highest BCUT2D eigenvalue weighted by Gasteiger charge is 2.27. The molecule has 0 fully saturated rings. The van der Waals surface area contributed by atoms with Gasteiger partial charge in [-0.1, -0.05) is 13.8 Å². The van der Waals surface area contributed by atoms with Crippen LogP contribution in [0.3, 0.4) is 0 Å². The number of carbonyl (C=O) groups is 1. The van der Waals surface area contributed by atoms with Crippen molar-refractivity contribution < 1.29 is 4.79 Å². The van der Waals surface area contributed by atoms with E-state index in [0.29, 0.717) is 18.0 Å². The Bertz CT molecular complexity index is 391. The van der Waals surface area contributed by atoms with Gasteiger partial charge in [-0.2, -0.15) is 5.10 Å². The average Bonchev–Trinajstić information content (AvgIpc) is 2.63. The van der Waals surface area contributed by atoms with E-state index in [1.165, 1.54) is 6.20 Å². The molecule has 0 aromatic carbocycles. The predicted octanol–water partition coefficient (Wildman–Crippen LogP) is 1.63. The number of amides is 1. The van der Waals surface area contributed by atoms with Gasteiger partial charge in [0, 0.05) is 17.8 Å².